The van der Waals surface area contributed by atoms with Crippen LogP contribution < -0.4 is 15.4 Å². The lowest BCUT2D eigenvalue weighted by molar-refractivity contribution is -0.140. The van der Waals surface area contributed by atoms with Crippen LogP contribution in [-0.4, -0.2) is 35.2 Å². The highest BCUT2D eigenvalue weighted by Crippen LogP contribution is 2.38. The van der Waals surface area contributed by atoms with Gasteiger partial charge in [-0.2, -0.15) is 0 Å². The Hall–Kier alpha value is -4.47. The number of esters is 1. The molecule has 1 unspecified atom stereocenters. The fraction of sp³-hybridized carbons (Fsp3) is 0.310. The second kappa shape index (κ2) is 11.5. The summed E-state index contributed by atoms with van der Waals surface area (Å²) < 4.78 is 31.8. The smallest absolute Gasteiger partial charge is 0.407 e. The molecule has 0 saturated heterocycles. The first-order valence-corrected chi connectivity index (χ1v) is 12.5. The third-order valence-electron chi connectivity index (χ3n) is 5.72. The lowest BCUT2D eigenvalue weighted by atomic mass is 10.0. The maximum atomic E-state index is 15.4. The van der Waals surface area contributed by atoms with Crippen molar-refractivity contribution in [2.24, 2.45) is 0 Å². The molecule has 0 radical (unpaired) electrons. The van der Waals surface area contributed by atoms with E-state index in [0.717, 1.165) is 5.56 Å². The maximum Gasteiger partial charge on any atom is 0.407 e. The lowest BCUT2D eigenvalue weighted by Crippen LogP contribution is -2.32. The predicted molar refractivity (Wildman–Crippen MR) is 141 cm³/mol. The van der Waals surface area contributed by atoms with E-state index >= 15 is 4.39 Å². The minimum atomic E-state index is -1.08. The van der Waals surface area contributed by atoms with Gasteiger partial charge in [-0.15, -0.1) is 0 Å². The highest BCUT2D eigenvalue weighted by Gasteiger charge is 2.32. The molecule has 2 amide bonds. The van der Waals surface area contributed by atoms with E-state index in [1.165, 1.54) is 6.92 Å². The predicted octanol–water partition coefficient (Wildman–Crippen LogP) is 5.09. The fourth-order valence-electron chi connectivity index (χ4n) is 4.03. The Labute approximate surface area is 225 Å². The molecule has 1 aromatic heterocycles. The number of carbonyl (C=O) groups is 3. The molecule has 2 aromatic carbocycles. The highest BCUT2D eigenvalue weighted by molar-refractivity contribution is 5.98. The monoisotopic (exact) mass is 535 g/mol. The van der Waals surface area contributed by atoms with Crippen LogP contribution in [0.5, 0.6) is 5.75 Å². The summed E-state index contributed by atoms with van der Waals surface area (Å²) >= 11 is 0. The first-order chi connectivity index (χ1) is 18.5. The van der Waals surface area contributed by atoms with Crippen molar-refractivity contribution in [3.63, 3.8) is 0 Å². The zero-order valence-electron chi connectivity index (χ0n) is 22.2. The molecule has 2 N–H and O–H groups in total. The molecule has 1 aliphatic rings. The Kier molecular flexibility index (Phi) is 8.13. The number of alkyl carbamates (subject to hydrolysis) is 1. The van der Waals surface area contributed by atoms with Gasteiger partial charge >= 0.3 is 12.1 Å². The van der Waals surface area contributed by atoms with Crippen LogP contribution in [0, 0.1) is 5.82 Å². The first-order valence-electron chi connectivity index (χ1n) is 12.5. The number of fused-ring (bicyclic) bond motifs is 1. The van der Waals surface area contributed by atoms with Gasteiger partial charge in [-0.25, -0.2) is 14.2 Å². The van der Waals surface area contributed by atoms with Gasteiger partial charge in [0.15, 0.2) is 0 Å². The third-order valence-corrected chi connectivity index (χ3v) is 5.72. The SMILES string of the molecule is CC(=O)OCCc1cccc2c1OC(c1cccc(-c3cccc(CNC(=O)OC(C)(C)C)c3F)n1)C(=O)N2. The van der Waals surface area contributed by atoms with Gasteiger partial charge < -0.3 is 24.8 Å². The summed E-state index contributed by atoms with van der Waals surface area (Å²) in [5.74, 6) is -0.891. The number of ether oxygens (including phenoxy) is 3. The van der Waals surface area contributed by atoms with E-state index in [9.17, 15) is 14.4 Å². The van der Waals surface area contributed by atoms with Gasteiger partial charge in [0.25, 0.3) is 5.91 Å². The number of halogens is 1. The Bertz CT molecular complexity index is 1400. The number of para-hydroxylation sites is 1. The summed E-state index contributed by atoms with van der Waals surface area (Å²) in [4.78, 5) is 40.6. The van der Waals surface area contributed by atoms with E-state index in [-0.39, 0.29) is 30.2 Å². The quantitative estimate of drug-likeness (QED) is 0.405. The Morgan fingerprint density at radius 3 is 2.54 bits per heavy atom. The molecule has 9 nitrogen and oxygen atoms in total. The Balaban J connectivity index is 1.55. The normalized spacial score (nSPS) is 14.5. The fourth-order valence-corrected chi connectivity index (χ4v) is 4.03. The molecule has 0 aliphatic carbocycles. The maximum absolute atomic E-state index is 15.4. The number of nitrogens with zero attached hydrogens (tertiary/aromatic N) is 1. The Morgan fingerprint density at radius 2 is 1.79 bits per heavy atom. The van der Waals surface area contributed by atoms with Crippen molar-refractivity contribution >= 4 is 23.7 Å². The van der Waals surface area contributed by atoms with E-state index in [2.05, 4.69) is 15.6 Å². The van der Waals surface area contributed by atoms with Crippen LogP contribution >= 0.6 is 0 Å². The zero-order chi connectivity index (χ0) is 28.2. The molecular formula is C29H30FN3O6. The summed E-state index contributed by atoms with van der Waals surface area (Å²) in [6.45, 7) is 6.65. The van der Waals surface area contributed by atoms with Crippen molar-refractivity contribution < 1.29 is 33.0 Å². The number of rotatable bonds is 7. The molecule has 4 rings (SSSR count). The Morgan fingerprint density at radius 1 is 1.08 bits per heavy atom. The van der Waals surface area contributed by atoms with Crippen LogP contribution in [0.25, 0.3) is 11.3 Å². The van der Waals surface area contributed by atoms with Gasteiger partial charge in [-0.1, -0.05) is 30.3 Å². The number of benzene rings is 2. The number of hydrogen-bond donors (Lipinski definition) is 2. The van der Waals surface area contributed by atoms with Gasteiger partial charge in [0.1, 0.15) is 17.2 Å². The van der Waals surface area contributed by atoms with Crippen molar-refractivity contribution in [1.82, 2.24) is 10.3 Å². The van der Waals surface area contributed by atoms with Crippen molar-refractivity contribution in [3.8, 4) is 17.0 Å². The minimum absolute atomic E-state index is 0.0741. The van der Waals surface area contributed by atoms with Crippen molar-refractivity contribution in [3.05, 3.63) is 77.2 Å². The standard InChI is InChI=1S/C29H30FN3O6/c1-17(34)37-15-14-18-8-6-12-22-25(18)38-26(27(35)33-22)23-13-7-11-21(32-23)20-10-5-9-19(24(20)30)16-31-28(36)39-29(2,3)4/h5-13,26H,14-16H2,1-4H3,(H,31,36)(H,33,35). The zero-order valence-corrected chi connectivity index (χ0v) is 22.2. The molecule has 0 saturated carbocycles. The van der Waals surface area contributed by atoms with Crippen LogP contribution in [0.3, 0.4) is 0 Å². The topological polar surface area (TPSA) is 116 Å². The van der Waals surface area contributed by atoms with Gasteiger partial charge in [0.2, 0.25) is 6.10 Å². The minimum Gasteiger partial charge on any atom is -0.472 e. The molecule has 2 heterocycles. The van der Waals surface area contributed by atoms with Crippen LogP contribution in [0.4, 0.5) is 14.9 Å². The van der Waals surface area contributed by atoms with E-state index in [1.54, 1.807) is 69.3 Å². The number of carbonyl (C=O) groups excluding carboxylic acids is 3. The van der Waals surface area contributed by atoms with E-state index in [4.69, 9.17) is 14.2 Å². The number of aromatic nitrogens is 1. The number of hydrogen-bond acceptors (Lipinski definition) is 7. The van der Waals surface area contributed by atoms with E-state index in [1.807, 2.05) is 6.07 Å². The number of anilines is 1. The van der Waals surface area contributed by atoms with Crippen LogP contribution in [-0.2, 0) is 32.0 Å². The van der Waals surface area contributed by atoms with Crippen molar-refractivity contribution in [2.75, 3.05) is 11.9 Å². The average Bonchev–Trinajstić information content (AvgIpc) is 2.86. The molecule has 0 fully saturated rings. The summed E-state index contributed by atoms with van der Waals surface area (Å²) in [7, 11) is 0. The van der Waals surface area contributed by atoms with Crippen molar-refractivity contribution in [2.45, 2.75) is 52.4 Å². The summed E-state index contributed by atoms with van der Waals surface area (Å²) in [5, 5.41) is 5.39. The summed E-state index contributed by atoms with van der Waals surface area (Å²) in [6, 6.07) is 15.0. The van der Waals surface area contributed by atoms with E-state index in [0.29, 0.717) is 29.2 Å². The molecule has 204 valence electrons. The molecule has 10 heteroatoms. The largest absolute Gasteiger partial charge is 0.472 e. The highest BCUT2D eigenvalue weighted by atomic mass is 19.1. The second-order valence-corrected chi connectivity index (χ2v) is 9.95. The molecule has 3 aromatic rings. The van der Waals surface area contributed by atoms with Crippen LogP contribution in [0.15, 0.2) is 54.6 Å². The molecular weight excluding hydrogens is 505 g/mol. The van der Waals surface area contributed by atoms with Crippen LogP contribution in [0.1, 0.15) is 50.6 Å². The summed E-state index contributed by atoms with van der Waals surface area (Å²) in [6.07, 6.45) is -1.33. The average molecular weight is 536 g/mol. The van der Waals surface area contributed by atoms with E-state index < -0.39 is 29.5 Å². The lowest BCUT2D eigenvalue weighted by Gasteiger charge is -2.27. The van der Waals surface area contributed by atoms with Crippen molar-refractivity contribution in [1.29, 1.82) is 0 Å². The van der Waals surface area contributed by atoms with Gasteiger partial charge in [0, 0.05) is 31.0 Å². The first kappa shape index (κ1) is 27.6. The van der Waals surface area contributed by atoms with Gasteiger partial charge in [-0.3, -0.25) is 9.59 Å². The third kappa shape index (κ3) is 6.90. The van der Waals surface area contributed by atoms with Crippen LogP contribution in [0.2, 0.25) is 0 Å². The van der Waals surface area contributed by atoms with Gasteiger partial charge in [0.05, 0.1) is 23.7 Å². The molecule has 1 aliphatic heterocycles. The van der Waals surface area contributed by atoms with Gasteiger partial charge in [-0.05, 0) is 50.6 Å². The molecule has 1 atom stereocenters. The second-order valence-electron chi connectivity index (χ2n) is 9.95. The summed E-state index contributed by atoms with van der Waals surface area (Å²) in [5.41, 5.74) is 1.64. The molecule has 0 spiro atoms. The molecule has 0 bridgehead atoms. The number of pyridine rings is 1. The number of amides is 2. The number of nitrogens with one attached hydrogen (secondary N) is 2. The molecule has 39 heavy (non-hydrogen) atoms.